The minimum atomic E-state index is -0.196. The Hall–Kier alpha value is -0.120. The summed E-state index contributed by atoms with van der Waals surface area (Å²) in [5.41, 5.74) is 0. The average Bonchev–Trinajstić information content (AvgIpc) is 2.90. The minimum Gasteiger partial charge on any atom is -0.392 e. The van der Waals surface area contributed by atoms with Crippen LogP contribution in [0.4, 0.5) is 0 Å². The van der Waals surface area contributed by atoms with Gasteiger partial charge in [0, 0.05) is 18.6 Å². The van der Waals surface area contributed by atoms with Crippen molar-refractivity contribution in [2.45, 2.75) is 70.6 Å². The molecule has 0 radical (unpaired) electrons. The number of nitrogens with zero attached hydrogens (tertiary/aromatic N) is 1. The number of piperidine rings is 1. The van der Waals surface area contributed by atoms with Gasteiger partial charge in [-0.2, -0.15) is 0 Å². The van der Waals surface area contributed by atoms with Crippen molar-refractivity contribution in [3.63, 3.8) is 0 Å². The lowest BCUT2D eigenvalue weighted by Gasteiger charge is -2.36. The summed E-state index contributed by atoms with van der Waals surface area (Å²) in [5.74, 6) is 0.357. The number of aliphatic hydroxyl groups is 1. The summed E-state index contributed by atoms with van der Waals surface area (Å²) in [7, 11) is 0. The molecule has 1 unspecified atom stereocenters. The van der Waals surface area contributed by atoms with Crippen LogP contribution in [0.3, 0.4) is 0 Å². The highest BCUT2D eigenvalue weighted by Crippen LogP contribution is 2.26. The molecule has 2 N–H and O–H groups in total. The molecule has 1 saturated carbocycles. The average molecular weight is 254 g/mol. The van der Waals surface area contributed by atoms with E-state index in [9.17, 15) is 5.11 Å². The highest BCUT2D eigenvalue weighted by atomic mass is 16.3. The summed E-state index contributed by atoms with van der Waals surface area (Å²) in [5, 5.41) is 13.3. The Labute approximate surface area is 112 Å². The van der Waals surface area contributed by atoms with Crippen molar-refractivity contribution in [2.75, 3.05) is 19.6 Å². The van der Waals surface area contributed by atoms with Gasteiger partial charge in [-0.25, -0.2) is 0 Å². The highest BCUT2D eigenvalue weighted by molar-refractivity contribution is 4.84. The van der Waals surface area contributed by atoms with Crippen molar-refractivity contribution in [1.82, 2.24) is 10.2 Å². The Morgan fingerprint density at radius 3 is 2.28 bits per heavy atom. The van der Waals surface area contributed by atoms with E-state index in [1.165, 1.54) is 51.6 Å². The number of likely N-dealkylation sites (tertiary alicyclic amines) is 1. The van der Waals surface area contributed by atoms with Crippen LogP contribution in [0.1, 0.15) is 52.4 Å². The molecule has 3 nitrogen and oxygen atoms in total. The van der Waals surface area contributed by atoms with Gasteiger partial charge < -0.3 is 15.3 Å². The summed E-state index contributed by atoms with van der Waals surface area (Å²) in [6, 6.07) is 1.50. The molecular weight excluding hydrogens is 224 g/mol. The maximum absolute atomic E-state index is 9.81. The van der Waals surface area contributed by atoms with Crippen LogP contribution in [0, 0.1) is 5.92 Å². The van der Waals surface area contributed by atoms with Crippen LogP contribution in [0.25, 0.3) is 0 Å². The first kappa shape index (κ1) is 14.3. The fraction of sp³-hybridized carbons (Fsp3) is 1.00. The number of aliphatic hydroxyl groups excluding tert-OH is 1. The van der Waals surface area contributed by atoms with Crippen LogP contribution in [-0.2, 0) is 0 Å². The topological polar surface area (TPSA) is 35.5 Å². The summed E-state index contributed by atoms with van der Waals surface area (Å²) in [6.07, 6.45) is 8.02. The maximum Gasteiger partial charge on any atom is 0.0687 e. The predicted octanol–water partition coefficient (Wildman–Crippen LogP) is 2.00. The van der Waals surface area contributed by atoms with Crippen molar-refractivity contribution < 1.29 is 5.11 Å². The quantitative estimate of drug-likeness (QED) is 0.788. The van der Waals surface area contributed by atoms with Crippen molar-refractivity contribution >= 4 is 0 Å². The van der Waals surface area contributed by atoms with Crippen LogP contribution in [0.2, 0.25) is 0 Å². The standard InChI is InChI=1S/C15H30N2O/c1-12(2)15(18)11-16-13-7-9-17(10-8-13)14-5-3-4-6-14/h12-16,18H,3-11H2,1-2H3. The van der Waals surface area contributed by atoms with E-state index in [0.717, 1.165) is 12.6 Å². The lowest BCUT2D eigenvalue weighted by molar-refractivity contribution is 0.105. The normalized spacial score (nSPS) is 26.0. The predicted molar refractivity (Wildman–Crippen MR) is 75.7 cm³/mol. The van der Waals surface area contributed by atoms with Gasteiger partial charge in [-0.15, -0.1) is 0 Å². The smallest absolute Gasteiger partial charge is 0.0687 e. The summed E-state index contributed by atoms with van der Waals surface area (Å²) in [4.78, 5) is 2.70. The Bertz CT molecular complexity index is 231. The van der Waals surface area contributed by atoms with E-state index in [4.69, 9.17) is 0 Å². The second-order valence-electron chi connectivity index (χ2n) is 6.47. The van der Waals surface area contributed by atoms with Gasteiger partial charge in [0.2, 0.25) is 0 Å². The molecule has 18 heavy (non-hydrogen) atoms. The fourth-order valence-electron chi connectivity index (χ4n) is 3.26. The van der Waals surface area contributed by atoms with E-state index >= 15 is 0 Å². The lowest BCUT2D eigenvalue weighted by atomic mass is 10.0. The van der Waals surface area contributed by atoms with Crippen molar-refractivity contribution in [3.05, 3.63) is 0 Å². The molecular formula is C15H30N2O. The van der Waals surface area contributed by atoms with Crippen LogP contribution >= 0.6 is 0 Å². The Morgan fingerprint density at radius 1 is 1.11 bits per heavy atom. The maximum atomic E-state index is 9.81. The van der Waals surface area contributed by atoms with Crippen LogP contribution in [0.5, 0.6) is 0 Å². The molecule has 1 heterocycles. The number of hydrogen-bond acceptors (Lipinski definition) is 3. The van der Waals surface area contributed by atoms with E-state index < -0.39 is 0 Å². The van der Waals surface area contributed by atoms with E-state index in [1.54, 1.807) is 0 Å². The van der Waals surface area contributed by atoms with E-state index in [0.29, 0.717) is 12.0 Å². The molecule has 0 aromatic carbocycles. The van der Waals surface area contributed by atoms with Crippen molar-refractivity contribution in [3.8, 4) is 0 Å². The van der Waals surface area contributed by atoms with Gasteiger partial charge in [0.15, 0.2) is 0 Å². The second-order valence-corrected chi connectivity index (χ2v) is 6.47. The molecule has 2 rings (SSSR count). The third-order valence-electron chi connectivity index (χ3n) is 4.76. The van der Waals surface area contributed by atoms with Gasteiger partial charge >= 0.3 is 0 Å². The Kier molecular flexibility index (Phi) is 5.46. The Morgan fingerprint density at radius 2 is 1.72 bits per heavy atom. The first-order valence-corrected chi connectivity index (χ1v) is 7.82. The number of rotatable bonds is 5. The van der Waals surface area contributed by atoms with Gasteiger partial charge in [-0.05, 0) is 44.7 Å². The SMILES string of the molecule is CC(C)C(O)CNC1CCN(C2CCCC2)CC1. The Balaban J connectivity index is 1.64. The van der Waals surface area contributed by atoms with Crippen molar-refractivity contribution in [2.24, 2.45) is 5.92 Å². The molecule has 3 heteroatoms. The minimum absolute atomic E-state index is 0.196. The molecule has 1 atom stereocenters. The van der Waals surface area contributed by atoms with Gasteiger partial charge in [0.25, 0.3) is 0 Å². The van der Waals surface area contributed by atoms with Gasteiger partial charge in [-0.1, -0.05) is 26.7 Å². The molecule has 0 bridgehead atoms. The molecule has 1 aliphatic carbocycles. The zero-order chi connectivity index (χ0) is 13.0. The summed E-state index contributed by atoms with van der Waals surface area (Å²) >= 11 is 0. The summed E-state index contributed by atoms with van der Waals surface area (Å²) < 4.78 is 0. The summed E-state index contributed by atoms with van der Waals surface area (Å²) in [6.45, 7) is 7.41. The zero-order valence-corrected chi connectivity index (χ0v) is 12.1. The van der Waals surface area contributed by atoms with Crippen LogP contribution < -0.4 is 5.32 Å². The molecule has 0 amide bonds. The van der Waals surface area contributed by atoms with E-state index in [2.05, 4.69) is 24.1 Å². The first-order valence-electron chi connectivity index (χ1n) is 7.82. The third-order valence-corrected chi connectivity index (χ3v) is 4.76. The fourth-order valence-corrected chi connectivity index (χ4v) is 3.26. The second kappa shape index (κ2) is 6.88. The molecule has 0 aromatic heterocycles. The van der Waals surface area contributed by atoms with Crippen LogP contribution in [-0.4, -0.2) is 47.8 Å². The number of hydrogen-bond donors (Lipinski definition) is 2. The number of nitrogens with one attached hydrogen (secondary N) is 1. The monoisotopic (exact) mass is 254 g/mol. The molecule has 0 aromatic rings. The third kappa shape index (κ3) is 3.94. The van der Waals surface area contributed by atoms with Crippen LogP contribution in [0.15, 0.2) is 0 Å². The molecule has 1 saturated heterocycles. The van der Waals surface area contributed by atoms with Gasteiger partial charge in [0.1, 0.15) is 0 Å². The van der Waals surface area contributed by atoms with E-state index in [-0.39, 0.29) is 6.10 Å². The van der Waals surface area contributed by atoms with Gasteiger partial charge in [-0.3, -0.25) is 0 Å². The largest absolute Gasteiger partial charge is 0.392 e. The van der Waals surface area contributed by atoms with Gasteiger partial charge in [0.05, 0.1) is 6.10 Å². The lowest BCUT2D eigenvalue weighted by Crippen LogP contribution is -2.47. The molecule has 106 valence electrons. The zero-order valence-electron chi connectivity index (χ0n) is 12.1. The molecule has 2 aliphatic rings. The molecule has 1 aliphatic heterocycles. The highest BCUT2D eigenvalue weighted by Gasteiger charge is 2.27. The van der Waals surface area contributed by atoms with E-state index in [1.807, 2.05) is 0 Å². The molecule has 0 spiro atoms. The van der Waals surface area contributed by atoms with Crippen molar-refractivity contribution in [1.29, 1.82) is 0 Å². The molecule has 2 fully saturated rings. The first-order chi connectivity index (χ1) is 8.66.